The van der Waals surface area contributed by atoms with Gasteiger partial charge in [-0.15, -0.1) is 0 Å². The van der Waals surface area contributed by atoms with Gasteiger partial charge in [0.2, 0.25) is 0 Å². The highest BCUT2D eigenvalue weighted by Crippen LogP contribution is 2.17. The van der Waals surface area contributed by atoms with Crippen molar-refractivity contribution in [3.05, 3.63) is 17.0 Å². The van der Waals surface area contributed by atoms with Crippen LogP contribution in [0, 0.1) is 6.92 Å². The van der Waals surface area contributed by atoms with E-state index in [1.54, 1.807) is 6.07 Å². The summed E-state index contributed by atoms with van der Waals surface area (Å²) in [6, 6.07) is 2.18. The van der Waals surface area contributed by atoms with Gasteiger partial charge in [0.25, 0.3) is 0 Å². The van der Waals surface area contributed by atoms with Gasteiger partial charge in [-0.2, -0.15) is 0 Å². The molecule has 2 heterocycles. The molecule has 112 valence electrons. The molecule has 0 aromatic carbocycles. The molecule has 0 amide bonds. The number of anilines is 1. The molecule has 5 nitrogen and oxygen atoms in total. The Morgan fingerprint density at radius 1 is 1.45 bits per heavy atom. The van der Waals surface area contributed by atoms with Gasteiger partial charge in [-0.05, 0) is 26.2 Å². The number of hydrogen-bond donors (Lipinski definition) is 2. The second kappa shape index (κ2) is 7.20. The molecule has 1 unspecified atom stereocenters. The summed E-state index contributed by atoms with van der Waals surface area (Å²) in [7, 11) is 0. The Bertz CT molecular complexity index is 415. The lowest BCUT2D eigenvalue weighted by Crippen LogP contribution is -2.42. The molecule has 1 aliphatic rings. The predicted octanol–water partition coefficient (Wildman–Crippen LogP) is 2.09. The summed E-state index contributed by atoms with van der Waals surface area (Å²) in [6.07, 6.45) is 2.72. The van der Waals surface area contributed by atoms with E-state index in [-0.39, 0.29) is 6.10 Å². The molecule has 1 fully saturated rings. The van der Waals surface area contributed by atoms with Gasteiger partial charge >= 0.3 is 0 Å². The third-order valence-electron chi connectivity index (χ3n) is 3.69. The number of likely N-dealkylation sites (tertiary alicyclic amines) is 1. The number of hydrogen-bond acceptors (Lipinski definition) is 5. The molecule has 2 rings (SSSR count). The van der Waals surface area contributed by atoms with Gasteiger partial charge in [0.1, 0.15) is 16.8 Å². The van der Waals surface area contributed by atoms with Crippen molar-refractivity contribution in [2.75, 3.05) is 25.0 Å². The van der Waals surface area contributed by atoms with Crippen LogP contribution < -0.4 is 5.32 Å². The molecule has 1 saturated heterocycles. The number of nitrogens with zero attached hydrogens (tertiary/aromatic N) is 3. The van der Waals surface area contributed by atoms with Crippen molar-refractivity contribution >= 4 is 17.4 Å². The van der Waals surface area contributed by atoms with Crippen LogP contribution in [0.5, 0.6) is 0 Å². The molecular weight excluding hydrogens is 276 g/mol. The minimum atomic E-state index is -0.206. The Morgan fingerprint density at radius 3 is 2.75 bits per heavy atom. The topological polar surface area (TPSA) is 61.3 Å². The van der Waals surface area contributed by atoms with E-state index in [2.05, 4.69) is 20.2 Å². The zero-order valence-electron chi connectivity index (χ0n) is 12.1. The minimum Gasteiger partial charge on any atom is -0.392 e. The van der Waals surface area contributed by atoms with Crippen LogP contribution in [-0.4, -0.2) is 51.8 Å². The summed E-state index contributed by atoms with van der Waals surface area (Å²) in [6.45, 7) is 6.65. The Morgan fingerprint density at radius 2 is 2.15 bits per heavy atom. The van der Waals surface area contributed by atoms with Gasteiger partial charge in [0.15, 0.2) is 0 Å². The molecule has 1 atom stereocenters. The zero-order valence-corrected chi connectivity index (χ0v) is 12.9. The largest absolute Gasteiger partial charge is 0.392 e. The molecule has 1 aliphatic heterocycles. The molecule has 1 aromatic heterocycles. The summed E-state index contributed by atoms with van der Waals surface area (Å²) in [5.74, 6) is 1.48. The third-order valence-corrected chi connectivity index (χ3v) is 3.88. The van der Waals surface area contributed by atoms with Crippen LogP contribution in [0.3, 0.4) is 0 Å². The SMILES string of the molecule is CCC(O)CN1CCC(Nc2cc(Cl)nc(C)n2)CC1. The molecular formula is C14H23ClN4O. The normalized spacial score (nSPS) is 19.0. The molecule has 0 bridgehead atoms. The van der Waals surface area contributed by atoms with Crippen molar-refractivity contribution in [3.8, 4) is 0 Å². The first-order valence-electron chi connectivity index (χ1n) is 7.25. The highest BCUT2D eigenvalue weighted by molar-refractivity contribution is 6.29. The Hall–Kier alpha value is -0.910. The fraction of sp³-hybridized carbons (Fsp3) is 0.714. The fourth-order valence-corrected chi connectivity index (χ4v) is 2.73. The zero-order chi connectivity index (χ0) is 14.5. The molecule has 2 N–H and O–H groups in total. The maximum atomic E-state index is 9.68. The summed E-state index contributed by atoms with van der Waals surface area (Å²) in [5.41, 5.74) is 0. The molecule has 6 heteroatoms. The second-order valence-corrected chi connectivity index (χ2v) is 5.79. The summed E-state index contributed by atoms with van der Waals surface area (Å²) in [4.78, 5) is 10.7. The van der Waals surface area contributed by atoms with E-state index in [1.165, 1.54) is 0 Å². The molecule has 20 heavy (non-hydrogen) atoms. The number of aliphatic hydroxyl groups is 1. The van der Waals surface area contributed by atoms with Gasteiger partial charge in [0, 0.05) is 31.7 Å². The number of aryl methyl sites for hydroxylation is 1. The van der Waals surface area contributed by atoms with Gasteiger partial charge in [-0.1, -0.05) is 18.5 Å². The van der Waals surface area contributed by atoms with Gasteiger partial charge in [-0.3, -0.25) is 0 Å². The van der Waals surface area contributed by atoms with Crippen LogP contribution in [-0.2, 0) is 0 Å². The summed E-state index contributed by atoms with van der Waals surface area (Å²) >= 11 is 5.94. The van der Waals surface area contributed by atoms with E-state index in [1.807, 2.05) is 13.8 Å². The van der Waals surface area contributed by atoms with Gasteiger partial charge < -0.3 is 15.3 Å². The van der Waals surface area contributed by atoms with E-state index in [0.717, 1.165) is 44.7 Å². The number of β-amino-alcohol motifs (C(OH)–C–C–N with tert-alkyl or cyclic N) is 1. The number of nitrogens with one attached hydrogen (secondary N) is 1. The third kappa shape index (κ3) is 4.58. The van der Waals surface area contributed by atoms with E-state index >= 15 is 0 Å². The molecule has 1 aromatic rings. The van der Waals surface area contributed by atoms with E-state index in [0.29, 0.717) is 17.0 Å². The Labute approximate surface area is 125 Å². The maximum Gasteiger partial charge on any atom is 0.134 e. The van der Waals surface area contributed by atoms with Crippen LogP contribution in [0.15, 0.2) is 6.07 Å². The summed E-state index contributed by atoms with van der Waals surface area (Å²) in [5, 5.41) is 13.6. The van der Waals surface area contributed by atoms with Crippen molar-refractivity contribution in [1.29, 1.82) is 0 Å². The smallest absolute Gasteiger partial charge is 0.134 e. The maximum absolute atomic E-state index is 9.68. The van der Waals surface area contributed by atoms with Gasteiger partial charge in [-0.25, -0.2) is 9.97 Å². The monoisotopic (exact) mass is 298 g/mol. The first-order valence-corrected chi connectivity index (χ1v) is 7.62. The van der Waals surface area contributed by atoms with Crippen molar-refractivity contribution in [1.82, 2.24) is 14.9 Å². The molecule has 0 radical (unpaired) electrons. The average Bonchev–Trinajstić information content (AvgIpc) is 2.39. The van der Waals surface area contributed by atoms with Crippen molar-refractivity contribution in [2.45, 2.75) is 45.3 Å². The fourth-order valence-electron chi connectivity index (χ4n) is 2.50. The Balaban J connectivity index is 1.82. The van der Waals surface area contributed by atoms with Crippen molar-refractivity contribution < 1.29 is 5.11 Å². The first-order chi connectivity index (χ1) is 9.56. The highest BCUT2D eigenvalue weighted by Gasteiger charge is 2.20. The van der Waals surface area contributed by atoms with E-state index in [9.17, 15) is 5.11 Å². The average molecular weight is 299 g/mol. The Kier molecular flexibility index (Phi) is 5.57. The van der Waals surface area contributed by atoms with Crippen LogP contribution in [0.2, 0.25) is 5.15 Å². The van der Waals surface area contributed by atoms with Crippen LogP contribution in [0.1, 0.15) is 32.0 Å². The van der Waals surface area contributed by atoms with E-state index in [4.69, 9.17) is 11.6 Å². The van der Waals surface area contributed by atoms with Crippen LogP contribution >= 0.6 is 11.6 Å². The lowest BCUT2D eigenvalue weighted by atomic mass is 10.0. The van der Waals surface area contributed by atoms with Crippen molar-refractivity contribution in [2.24, 2.45) is 0 Å². The van der Waals surface area contributed by atoms with E-state index < -0.39 is 0 Å². The minimum absolute atomic E-state index is 0.206. The quantitative estimate of drug-likeness (QED) is 0.815. The number of aliphatic hydroxyl groups excluding tert-OH is 1. The number of rotatable bonds is 5. The number of piperidine rings is 1. The lowest BCUT2D eigenvalue weighted by molar-refractivity contribution is 0.0962. The molecule has 0 saturated carbocycles. The van der Waals surface area contributed by atoms with Gasteiger partial charge in [0.05, 0.1) is 6.10 Å². The number of aromatic nitrogens is 2. The summed E-state index contributed by atoms with van der Waals surface area (Å²) < 4.78 is 0. The molecule has 0 spiro atoms. The lowest BCUT2D eigenvalue weighted by Gasteiger charge is -2.33. The number of halogens is 1. The highest BCUT2D eigenvalue weighted by atomic mass is 35.5. The van der Waals surface area contributed by atoms with Crippen molar-refractivity contribution in [3.63, 3.8) is 0 Å². The predicted molar refractivity (Wildman–Crippen MR) is 81.2 cm³/mol. The molecule has 0 aliphatic carbocycles. The van der Waals surface area contributed by atoms with Crippen LogP contribution in [0.4, 0.5) is 5.82 Å². The van der Waals surface area contributed by atoms with Crippen LogP contribution in [0.25, 0.3) is 0 Å². The second-order valence-electron chi connectivity index (χ2n) is 5.40. The first kappa shape index (κ1) is 15.5. The standard InChI is InChI=1S/C14H23ClN4O/c1-3-12(20)9-19-6-4-11(5-7-19)18-14-8-13(15)16-10(2)17-14/h8,11-12,20H,3-7,9H2,1-2H3,(H,16,17,18).